The number of phenolic OH excluding ortho intramolecular Hbond substituents is 1. The molecule has 18 heavy (non-hydrogen) atoms. The van der Waals surface area contributed by atoms with Crippen molar-refractivity contribution in [2.75, 3.05) is 19.8 Å². The van der Waals surface area contributed by atoms with Gasteiger partial charge in [-0.25, -0.2) is 4.39 Å². The molecular weight excluding hydrogens is 235 g/mol. The van der Waals surface area contributed by atoms with Crippen molar-refractivity contribution in [3.8, 4) is 16.9 Å². The minimum absolute atomic E-state index is 0.0261. The summed E-state index contributed by atoms with van der Waals surface area (Å²) in [5, 5.41) is 16.5. The molecule has 0 radical (unpaired) electrons. The zero-order chi connectivity index (χ0) is 13.3. The van der Waals surface area contributed by atoms with E-state index in [2.05, 4.69) is 10.2 Å². The quantitative estimate of drug-likeness (QED) is 0.772. The smallest absolute Gasteiger partial charge is 0.128 e. The highest BCUT2D eigenvalue weighted by atomic mass is 19.1. The number of aromatic nitrogens is 2. The lowest BCUT2D eigenvalue weighted by atomic mass is 10.0. The van der Waals surface area contributed by atoms with Crippen LogP contribution in [0.15, 0.2) is 18.3 Å². The molecule has 0 spiro atoms. The Balaban J connectivity index is 2.55. The third-order valence-electron chi connectivity index (χ3n) is 2.60. The van der Waals surface area contributed by atoms with Crippen molar-refractivity contribution >= 4 is 5.82 Å². The lowest BCUT2D eigenvalue weighted by Gasteiger charge is -2.14. The SMILES string of the molecule is CN(C)Cc1cc(F)cc(-c2cn[nH]c2N)c1O. The van der Waals surface area contributed by atoms with Crippen molar-refractivity contribution in [1.29, 1.82) is 0 Å². The predicted molar refractivity (Wildman–Crippen MR) is 67.4 cm³/mol. The number of nitrogens with one attached hydrogen (secondary N) is 1. The van der Waals surface area contributed by atoms with Gasteiger partial charge in [-0.2, -0.15) is 5.10 Å². The molecule has 1 heterocycles. The summed E-state index contributed by atoms with van der Waals surface area (Å²) >= 11 is 0. The number of rotatable bonds is 3. The Bertz CT molecular complexity index is 565. The van der Waals surface area contributed by atoms with Gasteiger partial charge in [0.25, 0.3) is 0 Å². The zero-order valence-electron chi connectivity index (χ0n) is 10.2. The van der Waals surface area contributed by atoms with Gasteiger partial charge in [-0.15, -0.1) is 0 Å². The number of nitrogens with zero attached hydrogens (tertiary/aromatic N) is 2. The van der Waals surface area contributed by atoms with E-state index < -0.39 is 5.82 Å². The first-order chi connectivity index (χ1) is 8.49. The first-order valence-corrected chi connectivity index (χ1v) is 5.44. The van der Waals surface area contributed by atoms with Crippen molar-refractivity contribution < 1.29 is 9.50 Å². The highest BCUT2D eigenvalue weighted by molar-refractivity contribution is 5.78. The molecule has 0 aliphatic heterocycles. The van der Waals surface area contributed by atoms with Gasteiger partial charge in [-0.1, -0.05) is 0 Å². The highest BCUT2D eigenvalue weighted by Gasteiger charge is 2.15. The predicted octanol–water partition coefficient (Wildman–Crippen LogP) is 1.57. The lowest BCUT2D eigenvalue weighted by molar-refractivity contribution is 0.385. The van der Waals surface area contributed by atoms with Gasteiger partial charge in [0.05, 0.1) is 6.20 Å². The fourth-order valence-corrected chi connectivity index (χ4v) is 1.83. The topological polar surface area (TPSA) is 78.2 Å². The molecule has 2 rings (SSSR count). The second-order valence-electron chi connectivity index (χ2n) is 4.40. The summed E-state index contributed by atoms with van der Waals surface area (Å²) in [7, 11) is 3.69. The van der Waals surface area contributed by atoms with Gasteiger partial charge >= 0.3 is 0 Å². The van der Waals surface area contributed by atoms with Crippen molar-refractivity contribution in [1.82, 2.24) is 15.1 Å². The fourth-order valence-electron chi connectivity index (χ4n) is 1.83. The third-order valence-corrected chi connectivity index (χ3v) is 2.60. The van der Waals surface area contributed by atoms with Crippen molar-refractivity contribution in [2.24, 2.45) is 0 Å². The Labute approximate surface area is 104 Å². The Morgan fingerprint density at radius 1 is 1.39 bits per heavy atom. The number of anilines is 1. The van der Waals surface area contributed by atoms with Crippen LogP contribution in [-0.4, -0.2) is 34.3 Å². The van der Waals surface area contributed by atoms with Gasteiger partial charge in [0.1, 0.15) is 17.4 Å². The molecule has 2 aromatic rings. The molecule has 0 bridgehead atoms. The standard InChI is InChI=1S/C12H15FN4O/c1-17(2)6-7-3-8(13)4-9(11(7)18)10-5-15-16-12(10)14/h3-5,18H,6H2,1-2H3,(H3,14,15,16). The van der Waals surface area contributed by atoms with E-state index in [1.54, 1.807) is 0 Å². The summed E-state index contributed by atoms with van der Waals surface area (Å²) in [6.07, 6.45) is 1.46. The van der Waals surface area contributed by atoms with Crippen LogP contribution in [0.1, 0.15) is 5.56 Å². The van der Waals surface area contributed by atoms with E-state index in [0.29, 0.717) is 29.1 Å². The summed E-state index contributed by atoms with van der Waals surface area (Å²) in [4.78, 5) is 1.84. The van der Waals surface area contributed by atoms with Crippen molar-refractivity contribution in [3.63, 3.8) is 0 Å². The van der Waals surface area contributed by atoms with Crippen LogP contribution in [-0.2, 0) is 6.54 Å². The highest BCUT2D eigenvalue weighted by Crippen LogP contribution is 2.35. The van der Waals surface area contributed by atoms with Crippen LogP contribution in [0.3, 0.4) is 0 Å². The van der Waals surface area contributed by atoms with E-state index >= 15 is 0 Å². The maximum atomic E-state index is 13.6. The Morgan fingerprint density at radius 2 is 2.11 bits per heavy atom. The molecule has 0 amide bonds. The van der Waals surface area contributed by atoms with E-state index in [9.17, 15) is 9.50 Å². The van der Waals surface area contributed by atoms with Crippen LogP contribution in [0.25, 0.3) is 11.1 Å². The summed E-state index contributed by atoms with van der Waals surface area (Å²) in [5.74, 6) is -0.0925. The number of nitrogens with two attached hydrogens (primary N) is 1. The molecule has 0 saturated carbocycles. The number of halogens is 1. The molecule has 0 unspecified atom stereocenters. The van der Waals surface area contributed by atoms with E-state index in [1.165, 1.54) is 18.3 Å². The summed E-state index contributed by atoms with van der Waals surface area (Å²) in [6.45, 7) is 0.439. The molecule has 0 saturated heterocycles. The van der Waals surface area contributed by atoms with Crippen LogP contribution in [0.2, 0.25) is 0 Å². The largest absolute Gasteiger partial charge is 0.507 e. The molecule has 1 aromatic carbocycles. The molecule has 96 valence electrons. The molecule has 0 fully saturated rings. The third kappa shape index (κ3) is 2.28. The first-order valence-electron chi connectivity index (χ1n) is 5.44. The normalized spacial score (nSPS) is 11.1. The Morgan fingerprint density at radius 3 is 2.67 bits per heavy atom. The van der Waals surface area contributed by atoms with Gasteiger partial charge in [0.2, 0.25) is 0 Å². The number of hydrogen-bond acceptors (Lipinski definition) is 4. The molecule has 1 aromatic heterocycles. The van der Waals surface area contributed by atoms with Crippen LogP contribution < -0.4 is 5.73 Å². The van der Waals surface area contributed by atoms with Crippen LogP contribution in [0.4, 0.5) is 10.2 Å². The molecular formula is C12H15FN4O. The molecule has 0 atom stereocenters. The van der Waals surface area contributed by atoms with Gasteiger partial charge in [0, 0.05) is 23.2 Å². The number of H-pyrrole nitrogens is 1. The second kappa shape index (κ2) is 4.66. The van der Waals surface area contributed by atoms with Crippen molar-refractivity contribution in [3.05, 3.63) is 29.7 Å². The van der Waals surface area contributed by atoms with Gasteiger partial charge in [-0.05, 0) is 26.2 Å². The minimum atomic E-state index is -0.416. The van der Waals surface area contributed by atoms with Crippen LogP contribution in [0.5, 0.6) is 5.75 Å². The number of aromatic hydroxyl groups is 1. The maximum absolute atomic E-state index is 13.6. The van der Waals surface area contributed by atoms with Gasteiger partial charge in [-0.3, -0.25) is 5.10 Å². The second-order valence-corrected chi connectivity index (χ2v) is 4.40. The summed E-state index contributed by atoms with van der Waals surface area (Å²) in [5.41, 5.74) is 7.03. The Kier molecular flexibility index (Phi) is 3.20. The minimum Gasteiger partial charge on any atom is -0.507 e. The van der Waals surface area contributed by atoms with E-state index in [0.717, 1.165) is 0 Å². The fraction of sp³-hybridized carbons (Fsp3) is 0.250. The monoisotopic (exact) mass is 250 g/mol. The van der Waals surface area contributed by atoms with Crippen LogP contribution in [0, 0.1) is 5.82 Å². The molecule has 5 nitrogen and oxygen atoms in total. The average molecular weight is 250 g/mol. The van der Waals surface area contributed by atoms with E-state index in [-0.39, 0.29) is 5.75 Å². The number of aromatic amines is 1. The van der Waals surface area contributed by atoms with E-state index in [1.807, 2.05) is 19.0 Å². The molecule has 0 aliphatic carbocycles. The van der Waals surface area contributed by atoms with Gasteiger partial charge < -0.3 is 15.7 Å². The molecule has 0 aliphatic rings. The molecule has 4 N–H and O–H groups in total. The number of benzene rings is 1. The number of phenols is 1. The summed E-state index contributed by atoms with van der Waals surface area (Å²) < 4.78 is 13.6. The van der Waals surface area contributed by atoms with Crippen molar-refractivity contribution in [2.45, 2.75) is 6.54 Å². The van der Waals surface area contributed by atoms with E-state index in [4.69, 9.17) is 5.73 Å². The Hall–Kier alpha value is -2.08. The maximum Gasteiger partial charge on any atom is 0.128 e. The summed E-state index contributed by atoms with van der Waals surface area (Å²) in [6, 6.07) is 2.56. The zero-order valence-corrected chi connectivity index (χ0v) is 10.2. The van der Waals surface area contributed by atoms with Crippen LogP contribution >= 0.6 is 0 Å². The van der Waals surface area contributed by atoms with Gasteiger partial charge in [0.15, 0.2) is 0 Å². The average Bonchev–Trinajstić information content (AvgIpc) is 2.68. The molecule has 6 heteroatoms. The lowest BCUT2D eigenvalue weighted by Crippen LogP contribution is -2.11. The number of hydrogen-bond donors (Lipinski definition) is 3. The first kappa shape index (κ1) is 12.4. The number of nitrogen functional groups attached to an aromatic ring is 1.